The maximum Gasteiger partial charge on any atom is 0.226 e. The van der Waals surface area contributed by atoms with E-state index in [1.807, 2.05) is 0 Å². The van der Waals surface area contributed by atoms with Crippen molar-refractivity contribution in [1.29, 1.82) is 0 Å². The molecule has 0 nitrogen and oxygen atoms in total. The van der Waals surface area contributed by atoms with Crippen LogP contribution >= 0.6 is 209 Å². The molecule has 0 heterocycles. The van der Waals surface area contributed by atoms with Crippen molar-refractivity contribution in [1.82, 2.24) is 0 Å². The fourth-order valence-electron chi connectivity index (χ4n) is 2.63. The van der Waals surface area contributed by atoms with E-state index in [0.29, 0.717) is 6.42 Å². The second-order valence-corrected chi connectivity index (χ2v) is 19.3. The third-order valence-electron chi connectivity index (χ3n) is 4.48. The standard InChI is InChI=1S/C17H9Cl18/c1-2-4-7-8(10(18,19)12(22,23)14(26,27)16(30,31)32)5-3-6-9(7)11(20,21)13(24,25)15(28,29)17(33,34)35/h3-6H,2H2,1H3. The molecule has 0 saturated heterocycles. The van der Waals surface area contributed by atoms with E-state index >= 15 is 0 Å². The van der Waals surface area contributed by atoms with Crippen molar-refractivity contribution in [2.24, 2.45) is 0 Å². The fraction of sp³-hybridized carbons (Fsp3) is 0.588. The van der Waals surface area contributed by atoms with Gasteiger partial charge in [0.25, 0.3) is 0 Å². The summed E-state index contributed by atoms with van der Waals surface area (Å²) < 4.78 is -20.1. The zero-order chi connectivity index (χ0) is 28.3. The molecule has 1 rings (SSSR count). The van der Waals surface area contributed by atoms with Gasteiger partial charge in [0.15, 0.2) is 17.3 Å². The SMILES string of the molecule is CC[CH]c1c(C(Cl)(Cl)C(Cl)(Cl)C(Cl)(Cl)C(Cl)(Cl)Cl)cccc1C(Cl)(Cl)C(Cl)(Cl)C(Cl)(Cl)C(Cl)(Cl)Cl. The summed E-state index contributed by atoms with van der Waals surface area (Å²) in [7, 11) is 0. The van der Waals surface area contributed by atoms with E-state index in [4.69, 9.17) is 209 Å². The first-order chi connectivity index (χ1) is 15.2. The molecule has 0 unspecified atom stereocenters. The van der Waals surface area contributed by atoms with Gasteiger partial charge in [0, 0.05) is 0 Å². The number of benzene rings is 1. The average Bonchev–Trinajstić information content (AvgIpc) is 2.65. The Balaban J connectivity index is 3.99. The lowest BCUT2D eigenvalue weighted by molar-refractivity contribution is 0.586. The van der Waals surface area contributed by atoms with E-state index in [-0.39, 0.29) is 16.7 Å². The number of alkyl halides is 18. The van der Waals surface area contributed by atoms with Gasteiger partial charge >= 0.3 is 0 Å². The van der Waals surface area contributed by atoms with Gasteiger partial charge in [-0.15, -0.1) is 0 Å². The number of halogens is 18. The number of rotatable bonds is 8. The monoisotopic (exact) mass is 843 g/mol. The summed E-state index contributed by atoms with van der Waals surface area (Å²) in [6.07, 6.45) is 1.91. The minimum Gasteiger partial charge on any atom is -0.0943 e. The topological polar surface area (TPSA) is 0 Å². The Morgan fingerprint density at radius 3 is 1.03 bits per heavy atom. The van der Waals surface area contributed by atoms with Gasteiger partial charge in [-0.05, 0) is 29.5 Å². The van der Waals surface area contributed by atoms with Crippen molar-refractivity contribution in [3.63, 3.8) is 0 Å². The van der Waals surface area contributed by atoms with Gasteiger partial charge in [-0.1, -0.05) is 234 Å². The molecule has 1 radical (unpaired) electrons. The van der Waals surface area contributed by atoms with Crippen LogP contribution in [0.3, 0.4) is 0 Å². The summed E-state index contributed by atoms with van der Waals surface area (Å²) in [4.78, 5) is 0. The van der Waals surface area contributed by atoms with Crippen LogP contribution in [0.5, 0.6) is 0 Å². The summed E-state index contributed by atoms with van der Waals surface area (Å²) in [5.74, 6) is 0. The molecule has 1 aromatic rings. The minimum atomic E-state index is -2.59. The molecule has 0 amide bonds. The van der Waals surface area contributed by atoms with Crippen LogP contribution < -0.4 is 0 Å². The Morgan fingerprint density at radius 2 is 0.800 bits per heavy atom. The third kappa shape index (κ3) is 6.68. The van der Waals surface area contributed by atoms with Crippen LogP contribution in [-0.2, 0) is 8.67 Å². The van der Waals surface area contributed by atoms with Crippen molar-refractivity contribution >= 4 is 209 Å². The van der Waals surface area contributed by atoms with E-state index in [1.165, 1.54) is 18.2 Å². The molecule has 0 aliphatic heterocycles. The Bertz CT molecular complexity index is 836. The van der Waals surface area contributed by atoms with E-state index in [0.717, 1.165) is 0 Å². The maximum atomic E-state index is 6.65. The Labute approximate surface area is 293 Å². The molecular weight excluding hydrogens is 842 g/mol. The summed E-state index contributed by atoms with van der Waals surface area (Å²) in [5.41, 5.74) is 0.00958. The molecule has 0 bridgehead atoms. The third-order valence-corrected chi connectivity index (χ3v) is 15.4. The first-order valence-electron chi connectivity index (χ1n) is 8.55. The van der Waals surface area contributed by atoms with Gasteiger partial charge in [0.1, 0.15) is 0 Å². The van der Waals surface area contributed by atoms with E-state index in [1.54, 1.807) is 13.3 Å². The van der Waals surface area contributed by atoms with Crippen molar-refractivity contribution in [3.05, 3.63) is 41.3 Å². The summed E-state index contributed by atoms with van der Waals surface area (Å²) >= 11 is 113. The van der Waals surface area contributed by atoms with Gasteiger partial charge in [-0.3, -0.25) is 0 Å². The predicted molar refractivity (Wildman–Crippen MR) is 165 cm³/mol. The minimum absolute atomic E-state index is 0.0523. The highest BCUT2D eigenvalue weighted by Crippen LogP contribution is 2.68. The molecule has 0 spiro atoms. The molecule has 0 N–H and O–H groups in total. The fourth-order valence-corrected chi connectivity index (χ4v) is 7.21. The lowest BCUT2D eigenvalue weighted by Gasteiger charge is -2.46. The number of hydrogen-bond donors (Lipinski definition) is 0. The van der Waals surface area contributed by atoms with E-state index in [2.05, 4.69) is 0 Å². The van der Waals surface area contributed by atoms with Gasteiger partial charge in [-0.2, -0.15) is 0 Å². The van der Waals surface area contributed by atoms with Crippen LogP contribution in [0.25, 0.3) is 0 Å². The van der Waals surface area contributed by atoms with E-state index in [9.17, 15) is 0 Å². The van der Waals surface area contributed by atoms with Gasteiger partial charge in [0.05, 0.1) is 0 Å². The highest BCUT2D eigenvalue weighted by molar-refractivity contribution is 6.81. The zero-order valence-corrected chi connectivity index (χ0v) is 29.9. The van der Waals surface area contributed by atoms with Crippen LogP contribution in [0.1, 0.15) is 30.0 Å². The lowest BCUT2D eigenvalue weighted by Crippen LogP contribution is -2.56. The molecule has 0 fully saturated rings. The van der Waals surface area contributed by atoms with Crippen LogP contribution in [0.15, 0.2) is 18.2 Å². The van der Waals surface area contributed by atoms with Crippen LogP contribution in [0, 0.1) is 6.42 Å². The predicted octanol–water partition coefficient (Wildman–Crippen LogP) is 13.3. The Hall–Kier alpha value is 4.44. The van der Waals surface area contributed by atoms with Crippen molar-refractivity contribution in [2.75, 3.05) is 0 Å². The van der Waals surface area contributed by atoms with Gasteiger partial charge in [0.2, 0.25) is 16.3 Å². The average molecular weight is 851 g/mol. The molecule has 203 valence electrons. The smallest absolute Gasteiger partial charge is 0.0943 e. The van der Waals surface area contributed by atoms with Crippen molar-refractivity contribution in [2.45, 2.75) is 46.9 Å². The Kier molecular flexibility index (Phi) is 13.1. The van der Waals surface area contributed by atoms with Crippen molar-refractivity contribution in [3.8, 4) is 0 Å². The molecule has 0 aliphatic rings. The van der Waals surface area contributed by atoms with E-state index < -0.39 is 33.6 Å². The molecule has 0 saturated carbocycles. The van der Waals surface area contributed by atoms with Crippen LogP contribution in [-0.4, -0.2) is 24.9 Å². The maximum absolute atomic E-state index is 6.65. The molecule has 1 aromatic carbocycles. The zero-order valence-electron chi connectivity index (χ0n) is 16.3. The van der Waals surface area contributed by atoms with Gasteiger partial charge in [-0.25, -0.2) is 0 Å². The van der Waals surface area contributed by atoms with Crippen LogP contribution in [0.2, 0.25) is 0 Å². The summed E-state index contributed by atoms with van der Waals surface area (Å²) in [5, 5.41) is 0. The molecule has 35 heavy (non-hydrogen) atoms. The highest BCUT2D eigenvalue weighted by atomic mass is 35.6. The first-order valence-corrected chi connectivity index (χ1v) is 15.4. The summed E-state index contributed by atoms with van der Waals surface area (Å²) in [6.45, 7) is 1.75. The highest BCUT2D eigenvalue weighted by Gasteiger charge is 2.71. The summed E-state index contributed by atoms with van der Waals surface area (Å²) in [6, 6.07) is 4.18. The van der Waals surface area contributed by atoms with Gasteiger partial charge < -0.3 is 0 Å². The van der Waals surface area contributed by atoms with Crippen molar-refractivity contribution < 1.29 is 0 Å². The van der Waals surface area contributed by atoms with Crippen LogP contribution in [0.4, 0.5) is 0 Å². The largest absolute Gasteiger partial charge is 0.226 e. The lowest BCUT2D eigenvalue weighted by atomic mass is 9.89. The normalized spacial score (nSPS) is 15.5. The number of hydrogen-bond acceptors (Lipinski definition) is 0. The molecule has 0 aromatic heterocycles. The molecule has 0 atom stereocenters. The second-order valence-electron chi connectivity index (χ2n) is 6.82. The first kappa shape index (κ1) is 37.5. The molecular formula is C17H9Cl18. The molecule has 0 aliphatic carbocycles. The quantitative estimate of drug-likeness (QED) is 0.229. The molecule has 18 heteroatoms. The Morgan fingerprint density at radius 1 is 0.514 bits per heavy atom. The second kappa shape index (κ2) is 12.2.